The lowest BCUT2D eigenvalue weighted by Crippen LogP contribution is -2.07. The third kappa shape index (κ3) is 29.9. The molecule has 0 aliphatic heterocycles. The Kier molecular flexibility index (Phi) is 29.1. The Hall–Kier alpha value is -2.12. The fourth-order valence-corrected chi connectivity index (χ4v) is 2.69. The summed E-state index contributed by atoms with van der Waals surface area (Å²) < 4.78 is 20.1. The molecule has 0 saturated heterocycles. The number of esters is 4. The molecule has 0 N–H and O–H groups in total. The molecule has 0 aliphatic rings. The van der Waals surface area contributed by atoms with Gasteiger partial charge in [0.05, 0.1) is 26.4 Å². The molecule has 0 saturated carbocycles. The number of hydrogen-bond donors (Lipinski definition) is 0. The standard InChI is InChI=1S/2C14H26O4/c2*1-3-5-11-17-13(15)9-7-8-10-14(16)18-12-6-4-2/h2*3-12H2,1-2H3. The topological polar surface area (TPSA) is 105 Å². The third-order valence-electron chi connectivity index (χ3n) is 5.07. The van der Waals surface area contributed by atoms with E-state index in [0.717, 1.165) is 51.4 Å². The SMILES string of the molecule is CCCCOC(=O)CCCCC(=O)OCCCC.CCCCOC(=O)CCCCC(=O)OCCCC. The number of unbranched alkanes of at least 4 members (excludes halogenated alkanes) is 6. The molecule has 0 atom stereocenters. The predicted molar refractivity (Wildman–Crippen MR) is 140 cm³/mol. The normalized spacial score (nSPS) is 10.1. The smallest absolute Gasteiger partial charge is 0.305 e. The Morgan fingerprint density at radius 1 is 0.361 bits per heavy atom. The average Bonchev–Trinajstić information content (AvgIpc) is 2.85. The molecular weight excluding hydrogens is 464 g/mol. The molecule has 212 valence electrons. The Labute approximate surface area is 219 Å². The van der Waals surface area contributed by atoms with E-state index in [0.29, 0.717) is 77.8 Å². The second kappa shape index (κ2) is 29.1. The summed E-state index contributed by atoms with van der Waals surface area (Å²) in [6.07, 6.45) is 12.1. The molecule has 0 rings (SSSR count). The van der Waals surface area contributed by atoms with Gasteiger partial charge in [-0.1, -0.05) is 53.4 Å². The summed E-state index contributed by atoms with van der Waals surface area (Å²) in [7, 11) is 0. The van der Waals surface area contributed by atoms with Crippen LogP contribution in [0.1, 0.15) is 130 Å². The van der Waals surface area contributed by atoms with Crippen LogP contribution in [-0.2, 0) is 38.1 Å². The van der Waals surface area contributed by atoms with Crippen molar-refractivity contribution in [3.05, 3.63) is 0 Å². The predicted octanol–water partition coefficient (Wildman–Crippen LogP) is 6.47. The molecule has 8 heteroatoms. The lowest BCUT2D eigenvalue weighted by atomic mass is 10.2. The van der Waals surface area contributed by atoms with Crippen LogP contribution in [0.15, 0.2) is 0 Å². The van der Waals surface area contributed by atoms with Crippen LogP contribution < -0.4 is 0 Å². The van der Waals surface area contributed by atoms with Crippen molar-refractivity contribution in [2.24, 2.45) is 0 Å². The Balaban J connectivity index is 0. The van der Waals surface area contributed by atoms with Crippen molar-refractivity contribution in [2.75, 3.05) is 26.4 Å². The van der Waals surface area contributed by atoms with Gasteiger partial charge in [0.2, 0.25) is 0 Å². The number of ether oxygens (including phenoxy) is 4. The molecule has 0 amide bonds. The molecule has 0 heterocycles. The number of carbonyl (C=O) groups excluding carboxylic acids is 4. The Morgan fingerprint density at radius 3 is 0.722 bits per heavy atom. The second-order valence-electron chi connectivity index (χ2n) is 8.71. The largest absolute Gasteiger partial charge is 0.466 e. The highest BCUT2D eigenvalue weighted by Crippen LogP contribution is 2.05. The zero-order chi connectivity index (χ0) is 27.3. The van der Waals surface area contributed by atoms with Crippen molar-refractivity contribution in [3.8, 4) is 0 Å². The van der Waals surface area contributed by atoms with Gasteiger partial charge in [-0.3, -0.25) is 19.2 Å². The molecule has 0 bridgehead atoms. The molecule has 0 aliphatic carbocycles. The number of rotatable bonds is 22. The minimum Gasteiger partial charge on any atom is -0.466 e. The minimum absolute atomic E-state index is 0.164. The zero-order valence-electron chi connectivity index (χ0n) is 23.4. The summed E-state index contributed by atoms with van der Waals surface area (Å²) in [5.74, 6) is -0.656. The van der Waals surface area contributed by atoms with Crippen LogP contribution in [0, 0.1) is 0 Å². The van der Waals surface area contributed by atoms with Crippen molar-refractivity contribution in [2.45, 2.75) is 130 Å². The average molecular weight is 517 g/mol. The minimum atomic E-state index is -0.164. The van der Waals surface area contributed by atoms with E-state index in [-0.39, 0.29) is 23.9 Å². The van der Waals surface area contributed by atoms with Gasteiger partial charge in [0, 0.05) is 25.7 Å². The first-order valence-corrected chi connectivity index (χ1v) is 14.0. The van der Waals surface area contributed by atoms with E-state index in [1.165, 1.54) is 0 Å². The first-order valence-electron chi connectivity index (χ1n) is 14.0. The maximum Gasteiger partial charge on any atom is 0.305 e. The van der Waals surface area contributed by atoms with E-state index in [1.54, 1.807) is 0 Å². The summed E-state index contributed by atoms with van der Waals surface area (Å²) in [6.45, 7) is 10.2. The van der Waals surface area contributed by atoms with E-state index >= 15 is 0 Å². The van der Waals surface area contributed by atoms with Gasteiger partial charge in [0.15, 0.2) is 0 Å². The summed E-state index contributed by atoms with van der Waals surface area (Å²) in [4.78, 5) is 44.9. The molecule has 0 aromatic carbocycles. The van der Waals surface area contributed by atoms with E-state index in [4.69, 9.17) is 18.9 Å². The lowest BCUT2D eigenvalue weighted by molar-refractivity contribution is -0.146. The van der Waals surface area contributed by atoms with Crippen LogP contribution in [0.25, 0.3) is 0 Å². The molecule has 0 aromatic heterocycles. The van der Waals surface area contributed by atoms with Crippen molar-refractivity contribution in [1.29, 1.82) is 0 Å². The van der Waals surface area contributed by atoms with Crippen LogP contribution >= 0.6 is 0 Å². The zero-order valence-corrected chi connectivity index (χ0v) is 23.4. The summed E-state index contributed by atoms with van der Waals surface area (Å²) in [6, 6.07) is 0. The first kappa shape index (κ1) is 36.0. The van der Waals surface area contributed by atoms with Gasteiger partial charge in [-0.25, -0.2) is 0 Å². The summed E-state index contributed by atoms with van der Waals surface area (Å²) in [5.41, 5.74) is 0. The quantitative estimate of drug-likeness (QED) is 0.0916. The van der Waals surface area contributed by atoms with Gasteiger partial charge in [-0.15, -0.1) is 0 Å². The highest BCUT2D eigenvalue weighted by atomic mass is 16.5. The van der Waals surface area contributed by atoms with Crippen molar-refractivity contribution in [1.82, 2.24) is 0 Å². The van der Waals surface area contributed by atoms with Crippen molar-refractivity contribution < 1.29 is 38.1 Å². The first-order chi connectivity index (χ1) is 17.4. The summed E-state index contributed by atoms with van der Waals surface area (Å²) >= 11 is 0. The number of carbonyl (C=O) groups is 4. The fourth-order valence-electron chi connectivity index (χ4n) is 2.69. The molecule has 8 nitrogen and oxygen atoms in total. The Bertz CT molecular complexity index is 452. The summed E-state index contributed by atoms with van der Waals surface area (Å²) in [5, 5.41) is 0. The van der Waals surface area contributed by atoms with Crippen LogP contribution in [0.5, 0.6) is 0 Å². The molecule has 36 heavy (non-hydrogen) atoms. The van der Waals surface area contributed by atoms with Gasteiger partial charge in [0.1, 0.15) is 0 Å². The fraction of sp³-hybridized carbons (Fsp3) is 0.857. The van der Waals surface area contributed by atoms with E-state index in [1.807, 2.05) is 0 Å². The monoisotopic (exact) mass is 516 g/mol. The second-order valence-corrected chi connectivity index (χ2v) is 8.71. The van der Waals surface area contributed by atoms with E-state index < -0.39 is 0 Å². The van der Waals surface area contributed by atoms with Gasteiger partial charge in [-0.05, 0) is 51.4 Å². The third-order valence-corrected chi connectivity index (χ3v) is 5.07. The molecule has 0 radical (unpaired) electrons. The lowest BCUT2D eigenvalue weighted by Gasteiger charge is -2.04. The van der Waals surface area contributed by atoms with E-state index in [9.17, 15) is 19.2 Å². The van der Waals surface area contributed by atoms with Crippen LogP contribution in [0.2, 0.25) is 0 Å². The van der Waals surface area contributed by atoms with Crippen LogP contribution in [0.4, 0.5) is 0 Å². The van der Waals surface area contributed by atoms with Crippen LogP contribution in [-0.4, -0.2) is 50.3 Å². The van der Waals surface area contributed by atoms with Crippen molar-refractivity contribution >= 4 is 23.9 Å². The van der Waals surface area contributed by atoms with Crippen molar-refractivity contribution in [3.63, 3.8) is 0 Å². The molecule has 0 aromatic rings. The van der Waals surface area contributed by atoms with Gasteiger partial charge in [0.25, 0.3) is 0 Å². The maximum absolute atomic E-state index is 11.2. The number of hydrogen-bond acceptors (Lipinski definition) is 8. The van der Waals surface area contributed by atoms with Crippen LogP contribution in [0.3, 0.4) is 0 Å². The van der Waals surface area contributed by atoms with Gasteiger partial charge < -0.3 is 18.9 Å². The highest BCUT2D eigenvalue weighted by molar-refractivity contribution is 5.71. The van der Waals surface area contributed by atoms with Gasteiger partial charge in [-0.2, -0.15) is 0 Å². The molecule has 0 unspecified atom stereocenters. The molecule has 0 spiro atoms. The molecule has 0 fully saturated rings. The Morgan fingerprint density at radius 2 is 0.556 bits per heavy atom. The maximum atomic E-state index is 11.2. The molecular formula is C28H52O8. The van der Waals surface area contributed by atoms with E-state index in [2.05, 4.69) is 27.7 Å². The highest BCUT2D eigenvalue weighted by Gasteiger charge is 2.06. The van der Waals surface area contributed by atoms with Gasteiger partial charge >= 0.3 is 23.9 Å².